The van der Waals surface area contributed by atoms with E-state index in [-0.39, 0.29) is 25.7 Å². The molecular weight excluding hydrogens is 645 g/mol. The van der Waals surface area contributed by atoms with Crippen LogP contribution in [-0.2, 0) is 44.7 Å². The Hall–Kier alpha value is -3.70. The Morgan fingerprint density at radius 3 is 1.96 bits per heavy atom. The quantitative estimate of drug-likeness (QED) is 0.112. The van der Waals surface area contributed by atoms with Gasteiger partial charge in [0.1, 0.15) is 0 Å². The van der Waals surface area contributed by atoms with Gasteiger partial charge in [0.15, 0.2) is 0 Å². The van der Waals surface area contributed by atoms with Crippen molar-refractivity contribution in [1.29, 1.82) is 0 Å². The third kappa shape index (κ3) is 10.7. The first-order valence-electron chi connectivity index (χ1n) is 20.1. The summed E-state index contributed by atoms with van der Waals surface area (Å²) in [5, 5.41) is 9.23. The summed E-state index contributed by atoms with van der Waals surface area (Å²) in [5.74, 6) is 1.63. The fourth-order valence-corrected chi connectivity index (χ4v) is 8.60. The zero-order valence-electron chi connectivity index (χ0n) is 32.2. The van der Waals surface area contributed by atoms with Gasteiger partial charge in [-0.05, 0) is 147 Å². The molecule has 3 aromatic carbocycles. The molecule has 0 radical (unpaired) electrons. The van der Waals surface area contributed by atoms with Crippen LogP contribution >= 0.6 is 0 Å². The molecule has 2 saturated carbocycles. The molecule has 280 valence electrons. The Kier molecular flexibility index (Phi) is 14.7. The van der Waals surface area contributed by atoms with E-state index in [1.54, 1.807) is 30.5 Å². The SMILES string of the molecule is C=C(C)C(=O)OCC(CCOC(=O)C(C)CO)c1ccc(CCc2ccc(C3CCC4CC(c5ccc(CCC)c(CC)c5)CCC4C3)cc2)cc1. The minimum atomic E-state index is -0.561. The Bertz CT molecular complexity index is 1610. The molecule has 2 aliphatic rings. The number of hydrogen-bond acceptors (Lipinski definition) is 5. The highest BCUT2D eigenvalue weighted by Gasteiger charge is 2.36. The number of aliphatic hydroxyl groups is 1. The minimum Gasteiger partial charge on any atom is -0.465 e. The van der Waals surface area contributed by atoms with Crippen LogP contribution in [0.25, 0.3) is 0 Å². The van der Waals surface area contributed by atoms with Crippen LogP contribution in [0.5, 0.6) is 0 Å². The fourth-order valence-electron chi connectivity index (χ4n) is 8.60. The molecular formula is C47H62O5. The highest BCUT2D eigenvalue weighted by Crippen LogP contribution is 2.50. The van der Waals surface area contributed by atoms with Gasteiger partial charge in [-0.25, -0.2) is 4.79 Å². The standard InChI is InChI=1S/C47H62O5/c1-6-8-37-19-20-41(27-36(37)7-2)43-24-23-42-28-40(21-22-44(42)29-43)38-15-11-34(12-16-38)9-10-35-13-17-39(18-14-35)45(31-52-46(49)32(3)4)25-26-51-47(50)33(5)30-48/h11-20,27,33,40,42-45,48H,3,6-10,21-26,28-31H2,1-2,4-5H3. The summed E-state index contributed by atoms with van der Waals surface area (Å²) < 4.78 is 10.8. The molecule has 0 amide bonds. The topological polar surface area (TPSA) is 72.8 Å². The molecule has 0 spiro atoms. The summed E-state index contributed by atoms with van der Waals surface area (Å²) in [6.45, 7) is 11.6. The molecule has 0 bridgehead atoms. The average Bonchev–Trinajstić information content (AvgIpc) is 3.18. The Morgan fingerprint density at radius 2 is 1.38 bits per heavy atom. The highest BCUT2D eigenvalue weighted by molar-refractivity contribution is 5.86. The van der Waals surface area contributed by atoms with Crippen molar-refractivity contribution in [3.63, 3.8) is 0 Å². The summed E-state index contributed by atoms with van der Waals surface area (Å²) in [7, 11) is 0. The van der Waals surface area contributed by atoms with Gasteiger partial charge in [0.2, 0.25) is 0 Å². The van der Waals surface area contributed by atoms with E-state index in [2.05, 4.69) is 87.2 Å². The predicted molar refractivity (Wildman–Crippen MR) is 211 cm³/mol. The molecule has 5 heteroatoms. The van der Waals surface area contributed by atoms with Crippen LogP contribution in [0.4, 0.5) is 0 Å². The van der Waals surface area contributed by atoms with Crippen LogP contribution in [0, 0.1) is 17.8 Å². The van der Waals surface area contributed by atoms with Crippen molar-refractivity contribution in [2.24, 2.45) is 17.8 Å². The van der Waals surface area contributed by atoms with Gasteiger partial charge in [0.25, 0.3) is 0 Å². The lowest BCUT2D eigenvalue weighted by molar-refractivity contribution is -0.150. The fraction of sp³-hybridized carbons (Fsp3) is 0.532. The molecule has 2 aliphatic carbocycles. The lowest BCUT2D eigenvalue weighted by atomic mass is 9.63. The maximum absolute atomic E-state index is 12.1. The number of carbonyl (C=O) groups excluding carboxylic acids is 2. The smallest absolute Gasteiger partial charge is 0.333 e. The maximum atomic E-state index is 12.1. The van der Waals surface area contributed by atoms with E-state index < -0.39 is 17.9 Å². The van der Waals surface area contributed by atoms with Gasteiger partial charge in [-0.1, -0.05) is 93.6 Å². The van der Waals surface area contributed by atoms with Crippen molar-refractivity contribution < 1.29 is 24.2 Å². The molecule has 52 heavy (non-hydrogen) atoms. The molecule has 5 nitrogen and oxygen atoms in total. The van der Waals surface area contributed by atoms with E-state index in [0.29, 0.717) is 17.9 Å². The Morgan fingerprint density at radius 1 is 0.788 bits per heavy atom. The lowest BCUT2D eigenvalue weighted by Crippen LogP contribution is -2.29. The van der Waals surface area contributed by atoms with Crippen molar-refractivity contribution in [2.45, 2.75) is 122 Å². The molecule has 6 unspecified atom stereocenters. The molecule has 0 aliphatic heterocycles. The maximum Gasteiger partial charge on any atom is 0.333 e. The number of hydrogen-bond donors (Lipinski definition) is 1. The summed E-state index contributed by atoms with van der Waals surface area (Å²) in [5.41, 5.74) is 10.2. The van der Waals surface area contributed by atoms with E-state index in [1.807, 2.05) is 0 Å². The summed E-state index contributed by atoms with van der Waals surface area (Å²) in [6.07, 6.45) is 14.1. The van der Waals surface area contributed by atoms with E-state index in [1.165, 1.54) is 68.1 Å². The molecule has 3 aromatic rings. The highest BCUT2D eigenvalue weighted by atomic mass is 16.5. The first kappa shape index (κ1) is 39.5. The van der Waals surface area contributed by atoms with Gasteiger partial charge >= 0.3 is 11.9 Å². The van der Waals surface area contributed by atoms with Gasteiger partial charge in [-0.2, -0.15) is 0 Å². The molecule has 5 rings (SSSR count). The van der Waals surface area contributed by atoms with Gasteiger partial charge in [0.05, 0.1) is 25.7 Å². The average molecular weight is 707 g/mol. The third-order valence-corrected chi connectivity index (χ3v) is 12.0. The van der Waals surface area contributed by atoms with Crippen molar-refractivity contribution in [3.8, 4) is 0 Å². The molecule has 1 N–H and O–H groups in total. The zero-order valence-corrected chi connectivity index (χ0v) is 32.2. The number of aryl methyl sites for hydroxylation is 4. The normalized spacial score (nSPS) is 21.1. The molecule has 2 fully saturated rings. The van der Waals surface area contributed by atoms with Gasteiger partial charge < -0.3 is 14.6 Å². The Balaban J connectivity index is 1.11. The number of esters is 2. The predicted octanol–water partition coefficient (Wildman–Crippen LogP) is 10.2. The number of aliphatic hydroxyl groups excluding tert-OH is 1. The monoisotopic (exact) mass is 706 g/mol. The number of rotatable bonds is 17. The molecule has 0 heterocycles. The van der Waals surface area contributed by atoms with Crippen LogP contribution < -0.4 is 0 Å². The van der Waals surface area contributed by atoms with Gasteiger partial charge in [-0.15, -0.1) is 0 Å². The molecule has 6 atom stereocenters. The second-order valence-electron chi connectivity index (χ2n) is 15.8. The summed E-state index contributed by atoms with van der Waals surface area (Å²) >= 11 is 0. The third-order valence-electron chi connectivity index (χ3n) is 12.0. The van der Waals surface area contributed by atoms with Crippen molar-refractivity contribution in [2.75, 3.05) is 19.8 Å². The second-order valence-corrected chi connectivity index (χ2v) is 15.8. The zero-order chi connectivity index (χ0) is 37.0. The minimum absolute atomic E-state index is 0.121. The van der Waals surface area contributed by atoms with E-state index in [9.17, 15) is 14.7 Å². The van der Waals surface area contributed by atoms with Gasteiger partial charge in [-0.3, -0.25) is 4.79 Å². The Labute approximate surface area is 313 Å². The number of ether oxygens (including phenoxy) is 2. The van der Waals surface area contributed by atoms with Crippen LogP contribution in [-0.4, -0.2) is 36.9 Å². The van der Waals surface area contributed by atoms with Crippen molar-refractivity contribution >= 4 is 11.9 Å². The number of benzene rings is 3. The summed E-state index contributed by atoms with van der Waals surface area (Å²) in [4.78, 5) is 24.1. The summed E-state index contributed by atoms with van der Waals surface area (Å²) in [6, 6.07) is 25.4. The van der Waals surface area contributed by atoms with E-state index >= 15 is 0 Å². The van der Waals surface area contributed by atoms with E-state index in [0.717, 1.165) is 42.6 Å². The molecule has 0 aromatic heterocycles. The van der Waals surface area contributed by atoms with E-state index in [4.69, 9.17) is 9.47 Å². The lowest BCUT2D eigenvalue weighted by Gasteiger charge is -2.42. The van der Waals surface area contributed by atoms with Crippen LogP contribution in [0.3, 0.4) is 0 Å². The van der Waals surface area contributed by atoms with Crippen LogP contribution in [0.15, 0.2) is 78.9 Å². The first-order valence-corrected chi connectivity index (χ1v) is 20.1. The first-order chi connectivity index (χ1) is 25.2. The van der Waals surface area contributed by atoms with Crippen LogP contribution in [0.2, 0.25) is 0 Å². The largest absolute Gasteiger partial charge is 0.465 e. The van der Waals surface area contributed by atoms with Gasteiger partial charge in [0, 0.05) is 11.5 Å². The van der Waals surface area contributed by atoms with Crippen molar-refractivity contribution in [1.82, 2.24) is 0 Å². The molecule has 0 saturated heterocycles. The number of carbonyl (C=O) groups is 2. The second kappa shape index (κ2) is 19.4. The number of fused-ring (bicyclic) bond motifs is 1. The van der Waals surface area contributed by atoms with Crippen LogP contribution in [0.1, 0.15) is 136 Å². The van der Waals surface area contributed by atoms with Crippen molar-refractivity contribution in [3.05, 3.63) is 118 Å².